The summed E-state index contributed by atoms with van der Waals surface area (Å²) in [4.78, 5) is 0.802. The van der Waals surface area contributed by atoms with Crippen LogP contribution in [0.1, 0.15) is 5.56 Å². The molecule has 0 aliphatic rings. The molecule has 4 heteroatoms. The predicted octanol–water partition coefficient (Wildman–Crippen LogP) is 4.16. The Hall–Kier alpha value is -0.900. The Labute approximate surface area is 84.8 Å². The van der Waals surface area contributed by atoms with E-state index in [0.29, 0.717) is 0 Å². The zero-order valence-electron chi connectivity index (χ0n) is 7.51. The van der Waals surface area contributed by atoms with Gasteiger partial charge in [-0.05, 0) is 24.5 Å². The van der Waals surface area contributed by atoms with Crippen LogP contribution in [-0.4, -0.2) is 6.18 Å². The second-order valence-electron chi connectivity index (χ2n) is 2.78. The van der Waals surface area contributed by atoms with Crippen LogP contribution in [0.3, 0.4) is 0 Å². The van der Waals surface area contributed by atoms with Crippen molar-refractivity contribution in [2.75, 3.05) is 0 Å². The Bertz CT molecular complexity index is 311. The summed E-state index contributed by atoms with van der Waals surface area (Å²) in [7, 11) is 0. The molecule has 0 spiro atoms. The third-order valence-corrected chi connectivity index (χ3v) is 2.30. The van der Waals surface area contributed by atoms with E-state index in [1.807, 2.05) is 19.1 Å². The van der Waals surface area contributed by atoms with Crippen molar-refractivity contribution in [1.29, 1.82) is 0 Å². The van der Waals surface area contributed by atoms with E-state index in [-0.39, 0.29) is 6.08 Å². The van der Waals surface area contributed by atoms with Crippen molar-refractivity contribution in [3.05, 3.63) is 41.3 Å². The standard InChI is InChI=1S/C10H9F3S/c1-8-2-4-9(5-3-8)14-7-6-10(11,12)13/h2-7H,1H3/b7-6-. The first kappa shape index (κ1) is 11.2. The van der Waals surface area contributed by atoms with Gasteiger partial charge in [0.1, 0.15) is 0 Å². The summed E-state index contributed by atoms with van der Waals surface area (Å²) in [6.45, 7) is 1.93. The van der Waals surface area contributed by atoms with Crippen LogP contribution in [0.5, 0.6) is 0 Å². The van der Waals surface area contributed by atoms with Gasteiger partial charge >= 0.3 is 6.18 Å². The summed E-state index contributed by atoms with van der Waals surface area (Å²) in [5.41, 5.74) is 1.09. The van der Waals surface area contributed by atoms with Crippen LogP contribution < -0.4 is 0 Å². The average Bonchev–Trinajstić information content (AvgIpc) is 2.06. The maximum atomic E-state index is 11.7. The lowest BCUT2D eigenvalue weighted by atomic mass is 10.2. The molecule has 0 radical (unpaired) electrons. The van der Waals surface area contributed by atoms with Crippen molar-refractivity contribution in [3.8, 4) is 0 Å². The van der Waals surface area contributed by atoms with E-state index in [2.05, 4.69) is 0 Å². The van der Waals surface area contributed by atoms with Gasteiger partial charge in [0.15, 0.2) is 0 Å². The molecule has 0 aliphatic heterocycles. The maximum Gasteiger partial charge on any atom is 0.410 e. The van der Waals surface area contributed by atoms with Crippen LogP contribution in [0.15, 0.2) is 40.6 Å². The number of allylic oxidation sites excluding steroid dienone is 1. The number of hydrogen-bond acceptors (Lipinski definition) is 1. The lowest BCUT2D eigenvalue weighted by molar-refractivity contribution is -0.0796. The molecule has 76 valence electrons. The molecule has 0 saturated heterocycles. The first-order valence-corrected chi connectivity index (χ1v) is 4.83. The molecule has 0 aliphatic carbocycles. The topological polar surface area (TPSA) is 0 Å². The van der Waals surface area contributed by atoms with Crippen LogP contribution in [0, 0.1) is 6.92 Å². The van der Waals surface area contributed by atoms with Crippen LogP contribution >= 0.6 is 11.8 Å². The molecule has 0 atom stereocenters. The number of hydrogen-bond donors (Lipinski definition) is 0. The second kappa shape index (κ2) is 4.55. The largest absolute Gasteiger partial charge is 0.410 e. The van der Waals surface area contributed by atoms with Crippen LogP contribution in [-0.2, 0) is 0 Å². The molecule has 0 N–H and O–H groups in total. The van der Waals surface area contributed by atoms with E-state index in [9.17, 15) is 13.2 Å². The highest BCUT2D eigenvalue weighted by Crippen LogP contribution is 2.23. The number of benzene rings is 1. The zero-order valence-corrected chi connectivity index (χ0v) is 8.32. The van der Waals surface area contributed by atoms with Crippen LogP contribution in [0.2, 0.25) is 0 Å². The molecule has 14 heavy (non-hydrogen) atoms. The SMILES string of the molecule is Cc1ccc(S/C=C\C(F)(F)F)cc1. The third kappa shape index (κ3) is 4.37. The van der Waals surface area contributed by atoms with Gasteiger partial charge in [-0.2, -0.15) is 13.2 Å². The van der Waals surface area contributed by atoms with E-state index in [1.165, 1.54) is 0 Å². The van der Waals surface area contributed by atoms with Crippen molar-refractivity contribution >= 4 is 11.8 Å². The number of aryl methyl sites for hydroxylation is 1. The molecule has 1 rings (SSSR count). The number of halogens is 3. The van der Waals surface area contributed by atoms with E-state index in [0.717, 1.165) is 27.6 Å². The second-order valence-corrected chi connectivity index (χ2v) is 3.75. The van der Waals surface area contributed by atoms with Crippen molar-refractivity contribution in [2.45, 2.75) is 18.0 Å². The monoisotopic (exact) mass is 218 g/mol. The van der Waals surface area contributed by atoms with Gasteiger partial charge in [-0.15, -0.1) is 0 Å². The van der Waals surface area contributed by atoms with Gasteiger partial charge < -0.3 is 0 Å². The molecule has 0 nitrogen and oxygen atoms in total. The number of rotatable bonds is 2. The van der Waals surface area contributed by atoms with Crippen molar-refractivity contribution in [1.82, 2.24) is 0 Å². The Balaban J connectivity index is 2.54. The summed E-state index contributed by atoms with van der Waals surface area (Å²) in [6.07, 6.45) is -3.99. The minimum Gasteiger partial charge on any atom is -0.167 e. The Morgan fingerprint density at radius 2 is 1.71 bits per heavy atom. The summed E-state index contributed by atoms with van der Waals surface area (Å²) in [6, 6.07) is 7.31. The highest BCUT2D eigenvalue weighted by atomic mass is 32.2. The average molecular weight is 218 g/mol. The lowest BCUT2D eigenvalue weighted by Gasteiger charge is -1.98. The summed E-state index contributed by atoms with van der Waals surface area (Å²) < 4.78 is 35.2. The van der Waals surface area contributed by atoms with Gasteiger partial charge in [0.05, 0.1) is 0 Å². The Morgan fingerprint density at radius 1 is 1.14 bits per heavy atom. The van der Waals surface area contributed by atoms with Crippen molar-refractivity contribution in [2.24, 2.45) is 0 Å². The molecular weight excluding hydrogens is 209 g/mol. The van der Waals surface area contributed by atoms with Gasteiger partial charge in [-0.3, -0.25) is 0 Å². The van der Waals surface area contributed by atoms with Gasteiger partial charge in [0.25, 0.3) is 0 Å². The summed E-state index contributed by atoms with van der Waals surface area (Å²) in [5, 5.41) is 1.05. The minimum absolute atomic E-state index is 0.234. The van der Waals surface area contributed by atoms with Gasteiger partial charge in [-0.1, -0.05) is 29.5 Å². The first-order valence-electron chi connectivity index (χ1n) is 3.95. The highest BCUT2D eigenvalue weighted by Gasteiger charge is 2.21. The van der Waals surface area contributed by atoms with Gasteiger partial charge in [0, 0.05) is 11.0 Å². The Kier molecular flexibility index (Phi) is 3.63. The molecule has 1 aromatic carbocycles. The minimum atomic E-state index is -4.22. The third-order valence-electron chi connectivity index (χ3n) is 1.48. The molecule has 0 aromatic heterocycles. The zero-order chi connectivity index (χ0) is 10.6. The first-order chi connectivity index (χ1) is 6.47. The fourth-order valence-corrected chi connectivity index (χ4v) is 1.48. The molecule has 0 amide bonds. The molecule has 0 fully saturated rings. The molecule has 0 heterocycles. The predicted molar refractivity (Wildman–Crippen MR) is 52.2 cm³/mol. The highest BCUT2D eigenvalue weighted by molar-refractivity contribution is 8.02. The quantitative estimate of drug-likeness (QED) is 0.671. The molecule has 0 saturated carbocycles. The molecule has 1 aromatic rings. The maximum absolute atomic E-state index is 11.7. The van der Waals surface area contributed by atoms with E-state index >= 15 is 0 Å². The van der Waals surface area contributed by atoms with Crippen LogP contribution in [0.4, 0.5) is 13.2 Å². The van der Waals surface area contributed by atoms with Crippen molar-refractivity contribution in [3.63, 3.8) is 0 Å². The summed E-state index contributed by atoms with van der Waals surface area (Å²) in [5.74, 6) is 0. The van der Waals surface area contributed by atoms with Crippen LogP contribution in [0.25, 0.3) is 0 Å². The number of alkyl halides is 3. The molecule has 0 unspecified atom stereocenters. The summed E-state index contributed by atoms with van der Waals surface area (Å²) >= 11 is 1.06. The fraction of sp³-hybridized carbons (Fsp3) is 0.200. The lowest BCUT2D eigenvalue weighted by Crippen LogP contribution is -1.99. The molecular formula is C10H9F3S. The van der Waals surface area contributed by atoms with Gasteiger partial charge in [0.2, 0.25) is 0 Å². The number of thioether (sulfide) groups is 1. The molecule has 0 bridgehead atoms. The normalized spacial score (nSPS) is 12.3. The van der Waals surface area contributed by atoms with Gasteiger partial charge in [-0.25, -0.2) is 0 Å². The van der Waals surface area contributed by atoms with E-state index < -0.39 is 6.18 Å². The van der Waals surface area contributed by atoms with Crippen molar-refractivity contribution < 1.29 is 13.2 Å². The Morgan fingerprint density at radius 3 is 2.21 bits per heavy atom. The van der Waals surface area contributed by atoms with E-state index in [1.54, 1.807) is 12.1 Å². The smallest absolute Gasteiger partial charge is 0.167 e. The van der Waals surface area contributed by atoms with E-state index in [4.69, 9.17) is 0 Å². The fourth-order valence-electron chi connectivity index (χ4n) is 0.807.